The Morgan fingerprint density at radius 2 is 0.854 bits per heavy atom. The molecule has 0 radical (unpaired) electrons. The minimum Gasteiger partial charge on any atom is -0.309 e. The van der Waals surface area contributed by atoms with Crippen LogP contribution in [0.4, 0.5) is 21.9 Å². The third-order valence-electron chi connectivity index (χ3n) is 20.8. The van der Waals surface area contributed by atoms with E-state index in [4.69, 9.17) is 0 Å². The van der Waals surface area contributed by atoms with E-state index in [0.717, 1.165) is 34.1 Å². The topological polar surface area (TPSA) is 31.7 Å². The molecule has 0 N–H and O–H groups in total. The highest BCUT2D eigenvalue weighted by atomic mass is 16.2. The van der Waals surface area contributed by atoms with Crippen LogP contribution in [0.2, 0.25) is 0 Å². The van der Waals surface area contributed by atoms with E-state index in [-0.39, 0.29) is 54.0 Å². The molecule has 6 heterocycles. The zero-order valence-electron chi connectivity index (χ0n) is 48.5. The van der Waals surface area contributed by atoms with Crippen molar-refractivity contribution in [2.45, 2.75) is 104 Å². The van der Waals surface area contributed by atoms with Crippen LogP contribution in [-0.2, 0) is 10.8 Å². The molecule has 1 saturated heterocycles. The summed E-state index contributed by atoms with van der Waals surface area (Å²) in [4.78, 5) is 24.4. The van der Waals surface area contributed by atoms with E-state index in [0.29, 0.717) is 0 Å². The fourth-order valence-corrected chi connectivity index (χ4v) is 17.1. The predicted octanol–water partition coefficient (Wildman–Crippen LogP) is 15.5. The molecule has 2 atom stereocenters. The van der Waals surface area contributed by atoms with Gasteiger partial charge in [0.25, 0.3) is 0 Å². The van der Waals surface area contributed by atoms with Gasteiger partial charge in [0.15, 0.2) is 0 Å². The number of fused-ring (bicyclic) bond motifs is 11. The van der Waals surface area contributed by atoms with Crippen LogP contribution in [0.1, 0.15) is 149 Å². The Balaban J connectivity index is 1.08. The Labute approximate surface area is 482 Å². The molecule has 7 aliphatic rings. The minimum atomic E-state index is -0.290. The van der Waals surface area contributed by atoms with Crippen LogP contribution in [0, 0.1) is 0 Å². The second-order valence-corrected chi connectivity index (χ2v) is 26.3. The molecule has 396 valence electrons. The number of para-hydroxylation sites is 2. The maximum Gasteiger partial charge on any atom is 0.340 e. The molecule has 9 aromatic carbocycles. The zero-order valence-corrected chi connectivity index (χ0v) is 48.5. The number of amides is 2. The van der Waals surface area contributed by atoms with Gasteiger partial charge >= 0.3 is 6.03 Å². The van der Waals surface area contributed by atoms with Gasteiger partial charge in [-0.15, -0.1) is 0 Å². The van der Waals surface area contributed by atoms with E-state index in [1.807, 2.05) is 0 Å². The molecule has 5 aliphatic heterocycles. The van der Waals surface area contributed by atoms with E-state index >= 15 is 4.79 Å². The first-order valence-corrected chi connectivity index (χ1v) is 30.0. The van der Waals surface area contributed by atoms with E-state index < -0.39 is 0 Å². The second kappa shape index (κ2) is 16.3. The summed E-state index contributed by atoms with van der Waals surface area (Å²) in [6.45, 7) is 23.3. The molecule has 10 aromatic rings. The van der Waals surface area contributed by atoms with Gasteiger partial charge in [-0.3, -0.25) is 4.90 Å². The standard InChI is InChI=1S/C75H64B2N4O/c1-41(2)46-23-15-25-48-43(5)50-27-17-29-52-53-30-18-28-51-44(6)49-26-16-24-47(42(3)4)69(49)77-40-65-80(63-36-20-34-59-67(63)55-22-12-14-32-57(55)75(59,9)10)73(82)79(62-35-19-33-58-66(62)54-21-11-13-31-56(54)74(58,7)8)64-39-76(68(46)48)60-37-45(78(70(50)52)71(51)53)38-61(77)72(60)81(64)65/h11-44H,1-10H3. The van der Waals surface area contributed by atoms with Crippen LogP contribution >= 0.6 is 0 Å². The number of hydrogen-bond acceptors (Lipinski definition) is 2. The van der Waals surface area contributed by atoms with Gasteiger partial charge in [0.1, 0.15) is 11.6 Å². The number of hydrogen-bond donors (Lipinski definition) is 0. The van der Waals surface area contributed by atoms with Gasteiger partial charge in [-0.1, -0.05) is 238 Å². The highest BCUT2D eigenvalue weighted by Gasteiger charge is 2.53. The van der Waals surface area contributed by atoms with Crippen LogP contribution in [-0.4, -0.2) is 24.0 Å². The molecule has 17 rings (SSSR count). The number of carbonyl (C=O) groups excluding carboxylic acids is 1. The lowest BCUT2D eigenvalue weighted by Gasteiger charge is -2.52. The van der Waals surface area contributed by atoms with Gasteiger partial charge in [0.2, 0.25) is 13.4 Å². The molecule has 1 fully saturated rings. The van der Waals surface area contributed by atoms with Gasteiger partial charge in [0, 0.05) is 55.9 Å². The average Bonchev–Trinajstić information content (AvgIpc) is 1.54. The molecule has 7 heteroatoms. The number of benzene rings is 9. The minimum absolute atomic E-state index is 0.0334. The fraction of sp³-hybridized carbons (Fsp3) is 0.213. The molecule has 2 unspecified atom stereocenters. The number of carbonyl (C=O) groups is 1. The Bertz CT molecular complexity index is 4360. The van der Waals surface area contributed by atoms with Crippen LogP contribution in [0.15, 0.2) is 193 Å². The van der Waals surface area contributed by atoms with Crippen molar-refractivity contribution in [2.75, 3.05) is 14.7 Å². The van der Waals surface area contributed by atoms with Crippen LogP contribution in [0.5, 0.6) is 0 Å². The van der Waals surface area contributed by atoms with Crippen molar-refractivity contribution in [2.24, 2.45) is 0 Å². The Hall–Kier alpha value is -8.54. The normalized spacial score (nSPS) is 18.6. The monoisotopic (exact) mass is 1060 g/mol. The number of aromatic nitrogens is 1. The van der Waals surface area contributed by atoms with Crippen molar-refractivity contribution in [3.8, 4) is 27.9 Å². The van der Waals surface area contributed by atoms with Crippen molar-refractivity contribution >= 4 is 80.2 Å². The Kier molecular flexibility index (Phi) is 9.61. The van der Waals surface area contributed by atoms with Crippen molar-refractivity contribution in [3.05, 3.63) is 249 Å². The lowest BCUT2D eigenvalue weighted by molar-refractivity contribution is 0.252. The number of nitrogens with zero attached hydrogens (tertiary/aromatic N) is 4. The van der Waals surface area contributed by atoms with E-state index in [9.17, 15) is 0 Å². The molecule has 5 nitrogen and oxygen atoms in total. The molecule has 1 aromatic heterocycles. The summed E-state index contributed by atoms with van der Waals surface area (Å²) in [5.74, 6) is 7.31. The highest BCUT2D eigenvalue weighted by molar-refractivity contribution is 6.95. The molecule has 0 spiro atoms. The van der Waals surface area contributed by atoms with E-state index in [1.54, 1.807) is 0 Å². The van der Waals surface area contributed by atoms with E-state index in [2.05, 4.69) is 270 Å². The Morgan fingerprint density at radius 1 is 0.451 bits per heavy atom. The summed E-state index contributed by atoms with van der Waals surface area (Å²) in [6.07, 6.45) is 0. The molecular weight excluding hydrogens is 994 g/mol. The summed E-state index contributed by atoms with van der Waals surface area (Å²) < 4.78 is 2.68. The summed E-state index contributed by atoms with van der Waals surface area (Å²) >= 11 is 0. The first-order chi connectivity index (χ1) is 39.7. The fourth-order valence-electron chi connectivity index (χ4n) is 17.1. The third kappa shape index (κ3) is 5.89. The average molecular weight is 1060 g/mol. The van der Waals surface area contributed by atoms with Gasteiger partial charge in [-0.05, 0) is 114 Å². The molecule has 2 amide bonds. The first kappa shape index (κ1) is 48.2. The van der Waals surface area contributed by atoms with Crippen molar-refractivity contribution in [3.63, 3.8) is 0 Å². The maximum absolute atomic E-state index is 17.6. The quantitative estimate of drug-likeness (QED) is 0.165. The second-order valence-electron chi connectivity index (χ2n) is 26.3. The summed E-state index contributed by atoms with van der Waals surface area (Å²) in [6, 6.07) is 64.6. The largest absolute Gasteiger partial charge is 0.340 e. The van der Waals surface area contributed by atoms with Crippen molar-refractivity contribution in [1.29, 1.82) is 0 Å². The van der Waals surface area contributed by atoms with Crippen LogP contribution in [0.3, 0.4) is 0 Å². The van der Waals surface area contributed by atoms with Crippen molar-refractivity contribution in [1.82, 2.24) is 4.57 Å². The molecule has 2 aliphatic carbocycles. The number of urea groups is 1. The van der Waals surface area contributed by atoms with Crippen molar-refractivity contribution < 1.29 is 4.79 Å². The van der Waals surface area contributed by atoms with Gasteiger partial charge in [-0.25, -0.2) is 14.6 Å². The first-order valence-electron chi connectivity index (χ1n) is 30.0. The van der Waals surface area contributed by atoms with Crippen LogP contribution < -0.4 is 36.6 Å². The van der Waals surface area contributed by atoms with Gasteiger partial charge in [0.05, 0.1) is 22.4 Å². The molecular formula is C75H64B2N4O. The predicted molar refractivity (Wildman–Crippen MR) is 344 cm³/mol. The molecule has 3 bridgehead atoms. The molecule has 82 heavy (non-hydrogen) atoms. The summed E-state index contributed by atoms with van der Waals surface area (Å²) in [5, 5.41) is 2.58. The van der Waals surface area contributed by atoms with Gasteiger partial charge in [-0.2, -0.15) is 0 Å². The SMILES string of the molecule is CC(C)c1cccc2c1B1C=C3N(c4cccc5c4-c4ccccc4C5(C)C)C(=O)N(c4cccc5c4-c4ccccc4C5(C)C)C4=CB5c6cc(cc1c6N34)-n1c3c(cccc3c3cccc(c31)C(C)c1cccc(C(C)C)c15)C2C. The highest BCUT2D eigenvalue weighted by Crippen LogP contribution is 2.57. The summed E-state index contributed by atoms with van der Waals surface area (Å²) in [7, 11) is 0. The van der Waals surface area contributed by atoms with Gasteiger partial charge < -0.3 is 4.57 Å². The third-order valence-corrected chi connectivity index (χ3v) is 20.8. The zero-order chi connectivity index (χ0) is 55.7. The van der Waals surface area contributed by atoms with E-state index in [1.165, 1.54) is 122 Å². The Morgan fingerprint density at radius 3 is 1.30 bits per heavy atom. The number of rotatable bonds is 4. The van der Waals surface area contributed by atoms with Crippen LogP contribution in [0.25, 0.3) is 49.7 Å². The smallest absolute Gasteiger partial charge is 0.309 e. The lowest BCUT2D eigenvalue weighted by Crippen LogP contribution is -2.66. The summed E-state index contributed by atoms with van der Waals surface area (Å²) in [5.41, 5.74) is 29.0. The maximum atomic E-state index is 17.6. The number of anilines is 3. The lowest BCUT2D eigenvalue weighted by atomic mass is 9.32. The molecule has 0 saturated carbocycles.